The Bertz CT molecular complexity index is 495. The summed E-state index contributed by atoms with van der Waals surface area (Å²) in [5.74, 6) is 0. The van der Waals surface area contributed by atoms with Gasteiger partial charge in [-0.15, -0.1) is 0 Å². The first-order valence-electron chi connectivity index (χ1n) is 8.21. The highest BCUT2D eigenvalue weighted by atomic mass is 14.9. The lowest BCUT2D eigenvalue weighted by molar-refractivity contribution is 0.460. The average Bonchev–Trinajstić information content (AvgIpc) is 2.54. The number of hydrogen-bond acceptors (Lipinski definition) is 1. The average molecular weight is 281 g/mol. The summed E-state index contributed by atoms with van der Waals surface area (Å²) in [5, 5.41) is 3.59. The van der Waals surface area contributed by atoms with Gasteiger partial charge in [0.25, 0.3) is 0 Å². The van der Waals surface area contributed by atoms with Crippen molar-refractivity contribution in [1.29, 1.82) is 0 Å². The molecule has 0 aliphatic rings. The van der Waals surface area contributed by atoms with Crippen LogP contribution in [0, 0.1) is 0 Å². The second-order valence-corrected chi connectivity index (χ2v) is 5.64. The minimum absolute atomic E-state index is 0.661. The Kier molecular flexibility index (Phi) is 6.49. The van der Waals surface area contributed by atoms with Crippen molar-refractivity contribution in [2.45, 2.75) is 45.6 Å². The normalized spacial score (nSPS) is 12.3. The van der Waals surface area contributed by atoms with E-state index in [0.29, 0.717) is 6.04 Å². The van der Waals surface area contributed by atoms with Crippen molar-refractivity contribution in [3.63, 3.8) is 0 Å². The number of rotatable bonds is 8. The molecule has 1 unspecified atom stereocenters. The minimum Gasteiger partial charge on any atom is -0.314 e. The van der Waals surface area contributed by atoms with Crippen LogP contribution in [0.5, 0.6) is 0 Å². The molecule has 2 rings (SSSR count). The van der Waals surface area contributed by atoms with Crippen LogP contribution in [0.2, 0.25) is 0 Å². The third kappa shape index (κ3) is 5.02. The van der Waals surface area contributed by atoms with Crippen molar-refractivity contribution < 1.29 is 0 Å². The molecule has 0 aromatic heterocycles. The van der Waals surface area contributed by atoms with Gasteiger partial charge in [0.1, 0.15) is 0 Å². The Morgan fingerprint density at radius 3 is 2.10 bits per heavy atom. The molecule has 21 heavy (non-hydrogen) atoms. The second kappa shape index (κ2) is 8.63. The summed E-state index contributed by atoms with van der Waals surface area (Å²) in [6.45, 7) is 5.52. The molecule has 1 atom stereocenters. The predicted molar refractivity (Wildman–Crippen MR) is 92.6 cm³/mol. The van der Waals surface area contributed by atoms with Gasteiger partial charge in [-0.1, -0.05) is 74.9 Å². The van der Waals surface area contributed by atoms with Crippen LogP contribution in [-0.2, 0) is 6.42 Å². The van der Waals surface area contributed by atoms with Gasteiger partial charge in [-0.3, -0.25) is 0 Å². The molecule has 0 bridgehead atoms. The van der Waals surface area contributed by atoms with Gasteiger partial charge in [0, 0.05) is 6.04 Å². The zero-order valence-electron chi connectivity index (χ0n) is 13.3. The molecule has 0 heterocycles. The number of hydrogen-bond donors (Lipinski definition) is 1. The van der Waals surface area contributed by atoms with E-state index in [9.17, 15) is 0 Å². The van der Waals surface area contributed by atoms with Gasteiger partial charge in [-0.05, 0) is 42.5 Å². The molecule has 0 fully saturated rings. The monoisotopic (exact) mass is 281 g/mol. The molecular formula is C20H27N. The fraction of sp³-hybridized carbons (Fsp3) is 0.400. The summed E-state index contributed by atoms with van der Waals surface area (Å²) in [7, 11) is 0. The van der Waals surface area contributed by atoms with E-state index in [2.05, 4.69) is 73.8 Å². The van der Waals surface area contributed by atoms with E-state index in [1.54, 1.807) is 0 Å². The van der Waals surface area contributed by atoms with Crippen LogP contribution in [0.25, 0.3) is 11.1 Å². The van der Waals surface area contributed by atoms with Crippen LogP contribution < -0.4 is 5.32 Å². The zero-order valence-corrected chi connectivity index (χ0v) is 13.3. The fourth-order valence-corrected chi connectivity index (χ4v) is 2.82. The first kappa shape index (κ1) is 15.8. The van der Waals surface area contributed by atoms with E-state index in [4.69, 9.17) is 0 Å². The molecule has 0 spiro atoms. The molecule has 1 N–H and O–H groups in total. The number of nitrogens with one attached hydrogen (secondary N) is 1. The quantitative estimate of drug-likeness (QED) is 0.712. The highest BCUT2D eigenvalue weighted by Gasteiger charge is 2.06. The predicted octanol–water partition coefficient (Wildman–Crippen LogP) is 5.06. The first-order chi connectivity index (χ1) is 10.3. The molecule has 2 aromatic rings. The summed E-state index contributed by atoms with van der Waals surface area (Å²) in [6, 6.07) is 20.3. The lowest BCUT2D eigenvalue weighted by atomic mass is 9.99. The van der Waals surface area contributed by atoms with E-state index in [1.807, 2.05) is 0 Å². The van der Waals surface area contributed by atoms with Crippen LogP contribution in [0.4, 0.5) is 0 Å². The third-order valence-electron chi connectivity index (χ3n) is 3.97. The molecule has 1 nitrogen and oxygen atoms in total. The van der Waals surface area contributed by atoms with Crippen LogP contribution in [0.1, 0.15) is 38.7 Å². The molecule has 0 saturated heterocycles. The maximum Gasteiger partial charge on any atom is 0.00700 e. The highest BCUT2D eigenvalue weighted by Crippen LogP contribution is 2.20. The van der Waals surface area contributed by atoms with Gasteiger partial charge in [0.15, 0.2) is 0 Å². The van der Waals surface area contributed by atoms with Crippen LogP contribution >= 0.6 is 0 Å². The van der Waals surface area contributed by atoms with Crippen molar-refractivity contribution in [2.24, 2.45) is 0 Å². The Labute approximate surface area is 129 Å². The fourth-order valence-electron chi connectivity index (χ4n) is 2.82. The van der Waals surface area contributed by atoms with Crippen molar-refractivity contribution in [2.75, 3.05) is 6.54 Å². The van der Waals surface area contributed by atoms with E-state index in [-0.39, 0.29) is 0 Å². The summed E-state index contributed by atoms with van der Waals surface area (Å²) in [4.78, 5) is 0. The molecule has 0 radical (unpaired) electrons. The summed E-state index contributed by atoms with van der Waals surface area (Å²) < 4.78 is 0. The topological polar surface area (TPSA) is 12.0 Å². The number of aryl methyl sites for hydroxylation is 1. The molecule has 1 heteroatoms. The first-order valence-corrected chi connectivity index (χ1v) is 8.21. The molecular weight excluding hydrogens is 254 g/mol. The van der Waals surface area contributed by atoms with Gasteiger partial charge < -0.3 is 5.32 Å². The third-order valence-corrected chi connectivity index (χ3v) is 3.97. The van der Waals surface area contributed by atoms with Crippen LogP contribution in [-0.4, -0.2) is 12.6 Å². The SMILES string of the molecule is CCCC(CCc1ccc(-c2ccccc2)cc1)NCC. The maximum absolute atomic E-state index is 3.59. The van der Waals surface area contributed by atoms with Gasteiger partial charge in [0.05, 0.1) is 0 Å². The molecule has 0 aliphatic carbocycles. The van der Waals surface area contributed by atoms with Crippen molar-refractivity contribution in [3.8, 4) is 11.1 Å². The minimum atomic E-state index is 0.661. The summed E-state index contributed by atoms with van der Waals surface area (Å²) in [6.07, 6.45) is 4.92. The van der Waals surface area contributed by atoms with Gasteiger partial charge >= 0.3 is 0 Å². The van der Waals surface area contributed by atoms with E-state index in [0.717, 1.165) is 13.0 Å². The Hall–Kier alpha value is -1.60. The zero-order chi connectivity index (χ0) is 14.9. The van der Waals surface area contributed by atoms with Gasteiger partial charge in [-0.2, -0.15) is 0 Å². The lowest BCUT2D eigenvalue weighted by Crippen LogP contribution is -2.29. The van der Waals surface area contributed by atoms with Crippen molar-refractivity contribution >= 4 is 0 Å². The summed E-state index contributed by atoms with van der Waals surface area (Å²) in [5.41, 5.74) is 4.03. The largest absolute Gasteiger partial charge is 0.314 e. The van der Waals surface area contributed by atoms with Gasteiger partial charge in [-0.25, -0.2) is 0 Å². The van der Waals surface area contributed by atoms with Crippen molar-refractivity contribution in [3.05, 3.63) is 60.2 Å². The molecule has 0 aliphatic heterocycles. The van der Waals surface area contributed by atoms with E-state index >= 15 is 0 Å². The Morgan fingerprint density at radius 1 is 0.810 bits per heavy atom. The van der Waals surface area contributed by atoms with Gasteiger partial charge in [0.2, 0.25) is 0 Å². The number of benzene rings is 2. The standard InChI is InChI=1S/C20H27N/c1-3-8-20(21-4-2)16-13-17-11-14-19(15-12-17)18-9-6-5-7-10-18/h5-7,9-12,14-15,20-21H,3-4,8,13,16H2,1-2H3. The molecule has 2 aromatic carbocycles. The Morgan fingerprint density at radius 2 is 1.48 bits per heavy atom. The van der Waals surface area contributed by atoms with E-state index in [1.165, 1.54) is 36.0 Å². The van der Waals surface area contributed by atoms with E-state index < -0.39 is 0 Å². The summed E-state index contributed by atoms with van der Waals surface area (Å²) >= 11 is 0. The Balaban J connectivity index is 1.93. The smallest absolute Gasteiger partial charge is 0.00700 e. The lowest BCUT2D eigenvalue weighted by Gasteiger charge is -2.17. The maximum atomic E-state index is 3.59. The second-order valence-electron chi connectivity index (χ2n) is 5.64. The highest BCUT2D eigenvalue weighted by molar-refractivity contribution is 5.63. The van der Waals surface area contributed by atoms with Crippen molar-refractivity contribution in [1.82, 2.24) is 5.32 Å². The molecule has 0 amide bonds. The van der Waals surface area contributed by atoms with Crippen LogP contribution in [0.15, 0.2) is 54.6 Å². The molecule has 112 valence electrons. The van der Waals surface area contributed by atoms with Crippen LogP contribution in [0.3, 0.4) is 0 Å². The molecule has 0 saturated carbocycles.